The number of amides is 3. The Kier molecular flexibility index (Phi) is 12.3. The maximum atomic E-state index is 13.9. The first kappa shape index (κ1) is 30.5. The highest BCUT2D eigenvalue weighted by atomic mass is 32.2. The minimum absolute atomic E-state index is 0.0462. The predicted octanol–water partition coefficient (Wildman–Crippen LogP) is 4.74. The summed E-state index contributed by atoms with van der Waals surface area (Å²) >= 11 is 1.54. The van der Waals surface area contributed by atoms with Crippen LogP contribution in [0.2, 0.25) is 0 Å². The molecule has 3 amide bonds. The second kappa shape index (κ2) is 14.9. The van der Waals surface area contributed by atoms with E-state index in [2.05, 4.69) is 16.7 Å². The first-order valence-corrected chi connectivity index (χ1v) is 14.5. The Bertz CT molecular complexity index is 933. The van der Waals surface area contributed by atoms with E-state index in [-0.39, 0.29) is 18.5 Å². The van der Waals surface area contributed by atoms with Gasteiger partial charge in [0.05, 0.1) is 6.07 Å². The lowest BCUT2D eigenvalue weighted by molar-refractivity contribution is -0.142. The summed E-state index contributed by atoms with van der Waals surface area (Å²) in [5, 5.41) is 15.5. The van der Waals surface area contributed by atoms with E-state index in [9.17, 15) is 19.6 Å². The van der Waals surface area contributed by atoms with Gasteiger partial charge in [-0.1, -0.05) is 50.5 Å². The van der Waals surface area contributed by atoms with Crippen molar-refractivity contribution in [2.45, 2.75) is 96.4 Å². The molecule has 0 saturated heterocycles. The van der Waals surface area contributed by atoms with Gasteiger partial charge >= 0.3 is 6.09 Å². The van der Waals surface area contributed by atoms with E-state index in [1.54, 1.807) is 32.5 Å². The molecule has 0 aliphatic heterocycles. The molecule has 1 aromatic carbocycles. The Morgan fingerprint density at radius 2 is 1.81 bits per heavy atom. The van der Waals surface area contributed by atoms with Crippen molar-refractivity contribution in [1.29, 1.82) is 5.26 Å². The van der Waals surface area contributed by atoms with Gasteiger partial charge in [-0.3, -0.25) is 9.59 Å². The fourth-order valence-electron chi connectivity index (χ4n) is 4.45. The van der Waals surface area contributed by atoms with Gasteiger partial charge in [0.1, 0.15) is 24.2 Å². The zero-order valence-corrected chi connectivity index (χ0v) is 23.7. The van der Waals surface area contributed by atoms with Gasteiger partial charge in [0.2, 0.25) is 11.8 Å². The van der Waals surface area contributed by atoms with Crippen molar-refractivity contribution in [2.24, 2.45) is 0 Å². The monoisotopic (exact) mass is 530 g/mol. The zero-order valence-electron chi connectivity index (χ0n) is 22.8. The number of hydrogen-bond donors (Lipinski definition) is 2. The molecule has 2 N–H and O–H groups in total. The summed E-state index contributed by atoms with van der Waals surface area (Å²) in [5.74, 6) is -0.179. The van der Waals surface area contributed by atoms with Gasteiger partial charge < -0.3 is 20.3 Å². The van der Waals surface area contributed by atoms with Crippen LogP contribution >= 0.6 is 11.8 Å². The molecule has 1 aromatic rings. The number of nitrogens with one attached hydrogen (secondary N) is 2. The van der Waals surface area contributed by atoms with Gasteiger partial charge in [-0.2, -0.15) is 17.0 Å². The molecule has 2 atom stereocenters. The third kappa shape index (κ3) is 9.92. The lowest BCUT2D eigenvalue weighted by Crippen LogP contribution is -2.54. The standard InChI is InChI=1S/C28H42N4O4S/c1-6-20-12-14-21(15-13-20)24(25(33)30-22-10-8-7-9-11-22)32(18-17-29)26(34)23(16-19-37-5)31-27(35)36-28(2,3)4/h12-15,22-24H,6-11,16,18-19H2,1-5H3,(H,30,33)(H,31,35). The van der Waals surface area contributed by atoms with Crippen molar-refractivity contribution in [2.75, 3.05) is 18.6 Å². The fraction of sp³-hybridized carbons (Fsp3) is 0.643. The summed E-state index contributed by atoms with van der Waals surface area (Å²) in [6.07, 6.45) is 7.45. The molecular formula is C28H42N4O4S. The third-order valence-corrected chi connectivity index (χ3v) is 6.98. The summed E-state index contributed by atoms with van der Waals surface area (Å²) in [7, 11) is 0. The quantitative estimate of drug-likeness (QED) is 0.400. The number of nitriles is 1. The van der Waals surface area contributed by atoms with E-state index >= 15 is 0 Å². The third-order valence-electron chi connectivity index (χ3n) is 6.34. The molecule has 0 bridgehead atoms. The highest BCUT2D eigenvalue weighted by Gasteiger charge is 2.37. The van der Waals surface area contributed by atoms with Gasteiger partial charge in [0.25, 0.3) is 0 Å². The predicted molar refractivity (Wildman–Crippen MR) is 147 cm³/mol. The van der Waals surface area contributed by atoms with E-state index in [0.29, 0.717) is 17.7 Å². The normalized spacial score (nSPS) is 15.7. The first-order chi connectivity index (χ1) is 17.6. The summed E-state index contributed by atoms with van der Waals surface area (Å²) in [6.45, 7) is 7.01. The number of aryl methyl sites for hydroxylation is 1. The van der Waals surface area contributed by atoms with Crippen molar-refractivity contribution >= 4 is 29.7 Å². The summed E-state index contributed by atoms with van der Waals surface area (Å²) in [5.41, 5.74) is 1.01. The van der Waals surface area contributed by atoms with Crippen LogP contribution in [-0.2, 0) is 20.7 Å². The number of benzene rings is 1. The largest absolute Gasteiger partial charge is 0.444 e. The van der Waals surface area contributed by atoms with Crippen LogP contribution in [0.25, 0.3) is 0 Å². The second-order valence-electron chi connectivity index (χ2n) is 10.4. The van der Waals surface area contributed by atoms with Crippen molar-refractivity contribution in [3.05, 3.63) is 35.4 Å². The average molecular weight is 531 g/mol. The molecule has 1 saturated carbocycles. The summed E-state index contributed by atoms with van der Waals surface area (Å²) in [4.78, 5) is 41.5. The minimum atomic E-state index is -0.989. The molecule has 0 radical (unpaired) electrons. The number of ether oxygens (including phenoxy) is 1. The second-order valence-corrected chi connectivity index (χ2v) is 11.4. The molecule has 204 valence electrons. The van der Waals surface area contributed by atoms with Crippen molar-refractivity contribution < 1.29 is 19.1 Å². The molecule has 0 spiro atoms. The Morgan fingerprint density at radius 3 is 2.35 bits per heavy atom. The maximum absolute atomic E-state index is 13.9. The molecule has 37 heavy (non-hydrogen) atoms. The molecular weight excluding hydrogens is 488 g/mol. The zero-order chi connectivity index (χ0) is 27.4. The Labute approximate surface area is 225 Å². The number of carbonyl (C=O) groups excluding carboxylic acids is 3. The van der Waals surface area contributed by atoms with E-state index in [4.69, 9.17) is 4.74 Å². The van der Waals surface area contributed by atoms with Crippen LogP contribution in [0.1, 0.15) is 83.4 Å². The molecule has 0 heterocycles. The highest BCUT2D eigenvalue weighted by Crippen LogP contribution is 2.26. The molecule has 1 aliphatic carbocycles. The smallest absolute Gasteiger partial charge is 0.408 e. The van der Waals surface area contributed by atoms with Gasteiger partial charge in [-0.05, 0) is 69.6 Å². The van der Waals surface area contributed by atoms with E-state index in [0.717, 1.165) is 44.1 Å². The lowest BCUT2D eigenvalue weighted by Gasteiger charge is -2.34. The van der Waals surface area contributed by atoms with Crippen molar-refractivity contribution in [1.82, 2.24) is 15.5 Å². The van der Waals surface area contributed by atoms with Gasteiger partial charge in [0.15, 0.2) is 0 Å². The Balaban J connectivity index is 2.41. The van der Waals surface area contributed by atoms with E-state index in [1.165, 1.54) is 4.90 Å². The van der Waals surface area contributed by atoms with Crippen LogP contribution in [0.3, 0.4) is 0 Å². The molecule has 2 unspecified atom stereocenters. The molecule has 2 rings (SSSR count). The van der Waals surface area contributed by atoms with Crippen LogP contribution in [0.5, 0.6) is 0 Å². The van der Waals surface area contributed by atoms with Crippen LogP contribution in [0, 0.1) is 11.3 Å². The maximum Gasteiger partial charge on any atom is 0.408 e. The Morgan fingerprint density at radius 1 is 1.16 bits per heavy atom. The van der Waals surface area contributed by atoms with Gasteiger partial charge in [-0.15, -0.1) is 0 Å². The average Bonchev–Trinajstić information content (AvgIpc) is 2.85. The number of nitrogens with zero attached hydrogens (tertiary/aromatic N) is 2. The van der Waals surface area contributed by atoms with E-state index < -0.39 is 29.7 Å². The Hall–Kier alpha value is -2.73. The van der Waals surface area contributed by atoms with Crippen LogP contribution in [-0.4, -0.2) is 59.0 Å². The topological polar surface area (TPSA) is 112 Å². The number of thioether (sulfide) groups is 1. The highest BCUT2D eigenvalue weighted by molar-refractivity contribution is 7.98. The molecule has 1 aliphatic rings. The van der Waals surface area contributed by atoms with Crippen molar-refractivity contribution in [3.8, 4) is 6.07 Å². The van der Waals surface area contributed by atoms with Crippen LogP contribution in [0.15, 0.2) is 24.3 Å². The number of alkyl carbamates (subject to hydrolysis) is 1. The van der Waals surface area contributed by atoms with Crippen molar-refractivity contribution in [3.63, 3.8) is 0 Å². The van der Waals surface area contributed by atoms with Gasteiger partial charge in [-0.25, -0.2) is 4.79 Å². The molecule has 0 aromatic heterocycles. The summed E-state index contributed by atoms with van der Waals surface area (Å²) in [6, 6.07) is 7.76. The fourth-order valence-corrected chi connectivity index (χ4v) is 4.92. The number of carbonyl (C=O) groups is 3. The first-order valence-electron chi connectivity index (χ1n) is 13.1. The number of rotatable bonds is 11. The van der Waals surface area contributed by atoms with Gasteiger partial charge in [0, 0.05) is 6.04 Å². The molecule has 9 heteroatoms. The van der Waals surface area contributed by atoms with E-state index in [1.807, 2.05) is 37.4 Å². The van der Waals surface area contributed by atoms with Crippen LogP contribution < -0.4 is 10.6 Å². The number of hydrogen-bond acceptors (Lipinski definition) is 6. The molecule has 8 nitrogen and oxygen atoms in total. The summed E-state index contributed by atoms with van der Waals surface area (Å²) < 4.78 is 5.38. The molecule has 1 fully saturated rings. The minimum Gasteiger partial charge on any atom is -0.444 e. The lowest BCUT2D eigenvalue weighted by atomic mass is 9.94. The SMILES string of the molecule is CCc1ccc(C(C(=O)NC2CCCCC2)N(CC#N)C(=O)C(CCSC)NC(=O)OC(C)(C)C)cc1. The van der Waals surface area contributed by atoms with Crippen LogP contribution in [0.4, 0.5) is 4.79 Å².